The van der Waals surface area contributed by atoms with Crippen LogP contribution in [0.4, 0.5) is 0 Å². The van der Waals surface area contributed by atoms with Gasteiger partial charge < -0.3 is 4.74 Å². The molecule has 1 radical (unpaired) electrons. The Morgan fingerprint density at radius 1 is 1.67 bits per heavy atom. The van der Waals surface area contributed by atoms with Crippen molar-refractivity contribution in [3.63, 3.8) is 0 Å². The molecule has 0 fully saturated rings. The number of pyridine rings is 1. The zero-order chi connectivity index (χ0) is 6.69. The summed E-state index contributed by atoms with van der Waals surface area (Å²) in [7, 11) is 1.62. The lowest BCUT2D eigenvalue weighted by Crippen LogP contribution is -1.87. The van der Waals surface area contributed by atoms with Gasteiger partial charge >= 0.3 is 0 Å². The molecule has 0 spiro atoms. The molecule has 1 aromatic heterocycles. The quantitative estimate of drug-likeness (QED) is 0.558. The number of aryl methyl sites for hydroxylation is 1. The van der Waals surface area contributed by atoms with E-state index in [0.29, 0.717) is 0 Å². The van der Waals surface area contributed by atoms with E-state index >= 15 is 0 Å². The summed E-state index contributed by atoms with van der Waals surface area (Å²) in [4.78, 5) is 3.97. The average Bonchev–Trinajstić information content (AvgIpc) is 1.89. The zero-order valence-electron chi connectivity index (χ0n) is 5.51. The van der Waals surface area contributed by atoms with E-state index in [9.17, 15) is 0 Å². The number of methoxy groups -OCH3 is 1. The van der Waals surface area contributed by atoms with E-state index in [1.807, 2.05) is 6.92 Å². The van der Waals surface area contributed by atoms with Crippen molar-refractivity contribution in [2.75, 3.05) is 7.11 Å². The molecule has 0 aliphatic rings. The molecule has 2 heteroatoms. The minimum Gasteiger partial charge on any atom is -0.495 e. The molecule has 0 atom stereocenters. The van der Waals surface area contributed by atoms with Crippen LogP contribution in [0, 0.1) is 13.0 Å². The van der Waals surface area contributed by atoms with Crippen LogP contribution in [0.5, 0.6) is 5.75 Å². The minimum atomic E-state index is 0.789. The first-order valence-electron chi connectivity index (χ1n) is 2.71. The molecule has 0 bridgehead atoms. The second kappa shape index (κ2) is 2.49. The van der Waals surface area contributed by atoms with Crippen molar-refractivity contribution in [2.24, 2.45) is 0 Å². The molecule has 1 rings (SSSR count). The molecular weight excluding hydrogens is 114 g/mol. The second-order valence-electron chi connectivity index (χ2n) is 1.72. The molecule has 2 nitrogen and oxygen atoms in total. The van der Waals surface area contributed by atoms with Crippen molar-refractivity contribution in [2.45, 2.75) is 6.92 Å². The van der Waals surface area contributed by atoms with E-state index in [2.05, 4.69) is 11.1 Å². The van der Waals surface area contributed by atoms with Crippen molar-refractivity contribution >= 4 is 0 Å². The first-order valence-corrected chi connectivity index (χ1v) is 2.71. The van der Waals surface area contributed by atoms with Crippen molar-refractivity contribution in [3.8, 4) is 5.75 Å². The van der Waals surface area contributed by atoms with E-state index in [1.165, 1.54) is 0 Å². The molecule has 47 valence electrons. The Balaban J connectivity index is 3.01. The largest absolute Gasteiger partial charge is 0.495 e. The zero-order valence-corrected chi connectivity index (χ0v) is 5.51. The van der Waals surface area contributed by atoms with Gasteiger partial charge in [-0.25, -0.2) is 0 Å². The van der Waals surface area contributed by atoms with Gasteiger partial charge in [-0.05, 0) is 13.0 Å². The number of rotatable bonds is 1. The summed E-state index contributed by atoms with van der Waals surface area (Å²) in [5.41, 5.74) is 0.899. The number of ether oxygens (including phenoxy) is 1. The Bertz CT molecular complexity index is 198. The monoisotopic (exact) mass is 122 g/mol. The van der Waals surface area contributed by atoms with Crippen LogP contribution in [0.15, 0.2) is 12.3 Å². The van der Waals surface area contributed by atoms with Crippen LogP contribution in [-0.2, 0) is 0 Å². The van der Waals surface area contributed by atoms with E-state index < -0.39 is 0 Å². The first-order chi connectivity index (χ1) is 4.34. The molecule has 1 heterocycles. The standard InChI is InChI=1S/C7H8NO/c1-6-7(9-2)4-3-5-8-6/h4-5H,1-2H3. The summed E-state index contributed by atoms with van der Waals surface area (Å²) in [5.74, 6) is 0.789. The number of aromatic nitrogens is 1. The van der Waals surface area contributed by atoms with Gasteiger partial charge in [0.1, 0.15) is 5.75 Å². The van der Waals surface area contributed by atoms with Gasteiger partial charge in [-0.15, -0.1) is 0 Å². The van der Waals surface area contributed by atoms with E-state index in [-0.39, 0.29) is 0 Å². The topological polar surface area (TPSA) is 22.1 Å². The summed E-state index contributed by atoms with van der Waals surface area (Å²) in [6.45, 7) is 1.90. The summed E-state index contributed by atoms with van der Waals surface area (Å²) in [6.07, 6.45) is 1.62. The van der Waals surface area contributed by atoms with Crippen molar-refractivity contribution in [1.82, 2.24) is 4.98 Å². The molecule has 9 heavy (non-hydrogen) atoms. The molecule has 0 unspecified atom stereocenters. The maximum absolute atomic E-state index is 4.95. The Kier molecular flexibility index (Phi) is 1.68. The SMILES string of the molecule is COc1c[c]cnc1C. The lowest BCUT2D eigenvalue weighted by atomic mass is 10.3. The number of hydrogen-bond donors (Lipinski definition) is 0. The molecule has 1 aromatic rings. The number of hydrogen-bond acceptors (Lipinski definition) is 2. The highest BCUT2D eigenvalue weighted by atomic mass is 16.5. The fourth-order valence-electron chi connectivity index (χ4n) is 0.622. The van der Waals surface area contributed by atoms with Crippen LogP contribution < -0.4 is 4.74 Å². The van der Waals surface area contributed by atoms with Gasteiger partial charge in [0.15, 0.2) is 0 Å². The van der Waals surface area contributed by atoms with Crippen molar-refractivity contribution < 1.29 is 4.74 Å². The lowest BCUT2D eigenvalue weighted by molar-refractivity contribution is 0.409. The maximum atomic E-state index is 4.95. The molecular formula is C7H8NO. The summed E-state index contributed by atoms with van der Waals surface area (Å²) in [6, 6.07) is 4.58. The van der Waals surface area contributed by atoms with Gasteiger partial charge in [0.2, 0.25) is 0 Å². The van der Waals surface area contributed by atoms with Gasteiger partial charge in [0.05, 0.1) is 12.8 Å². The Morgan fingerprint density at radius 2 is 2.44 bits per heavy atom. The van der Waals surface area contributed by atoms with Crippen LogP contribution >= 0.6 is 0 Å². The van der Waals surface area contributed by atoms with Crippen LogP contribution in [0.3, 0.4) is 0 Å². The molecule has 0 saturated carbocycles. The molecule has 0 aliphatic heterocycles. The normalized spacial score (nSPS) is 9.11. The van der Waals surface area contributed by atoms with Gasteiger partial charge in [-0.1, -0.05) is 0 Å². The molecule has 0 saturated heterocycles. The predicted molar refractivity (Wildman–Crippen MR) is 34.4 cm³/mol. The van der Waals surface area contributed by atoms with Crippen molar-refractivity contribution in [3.05, 3.63) is 24.0 Å². The molecule has 0 amide bonds. The average molecular weight is 122 g/mol. The fraction of sp³-hybridized carbons (Fsp3) is 0.286. The Hall–Kier alpha value is -1.05. The van der Waals surface area contributed by atoms with Crippen molar-refractivity contribution in [1.29, 1.82) is 0 Å². The number of nitrogens with zero attached hydrogens (tertiary/aromatic N) is 1. The van der Waals surface area contributed by atoms with E-state index in [1.54, 1.807) is 19.4 Å². The summed E-state index contributed by atoms with van der Waals surface area (Å²) in [5, 5.41) is 0. The highest BCUT2D eigenvalue weighted by Crippen LogP contribution is 2.10. The third-order valence-corrected chi connectivity index (χ3v) is 1.12. The third kappa shape index (κ3) is 1.19. The van der Waals surface area contributed by atoms with Gasteiger partial charge in [-0.2, -0.15) is 0 Å². The predicted octanol–water partition coefficient (Wildman–Crippen LogP) is 1.20. The molecule has 0 N–H and O–H groups in total. The van der Waals surface area contributed by atoms with Crippen LogP contribution in [-0.4, -0.2) is 12.1 Å². The lowest BCUT2D eigenvalue weighted by Gasteiger charge is -1.99. The van der Waals surface area contributed by atoms with Gasteiger partial charge in [-0.3, -0.25) is 4.98 Å². The van der Waals surface area contributed by atoms with Crippen LogP contribution in [0.25, 0.3) is 0 Å². The fourth-order valence-corrected chi connectivity index (χ4v) is 0.622. The van der Waals surface area contributed by atoms with E-state index in [0.717, 1.165) is 11.4 Å². The van der Waals surface area contributed by atoms with E-state index in [4.69, 9.17) is 4.74 Å². The Morgan fingerprint density at radius 3 is 2.89 bits per heavy atom. The van der Waals surface area contributed by atoms with Gasteiger partial charge in [0.25, 0.3) is 0 Å². The first kappa shape index (κ1) is 6.08. The third-order valence-electron chi connectivity index (χ3n) is 1.12. The van der Waals surface area contributed by atoms with Crippen LogP contribution in [0.1, 0.15) is 5.69 Å². The minimum absolute atomic E-state index is 0.789. The summed E-state index contributed by atoms with van der Waals surface area (Å²) >= 11 is 0. The summed E-state index contributed by atoms with van der Waals surface area (Å²) < 4.78 is 4.95. The highest BCUT2D eigenvalue weighted by molar-refractivity contribution is 5.24. The smallest absolute Gasteiger partial charge is 0.140 e. The van der Waals surface area contributed by atoms with Crippen LogP contribution in [0.2, 0.25) is 0 Å². The molecule has 0 aliphatic carbocycles. The molecule has 0 aromatic carbocycles. The Labute approximate surface area is 54.5 Å². The van der Waals surface area contributed by atoms with Gasteiger partial charge in [0, 0.05) is 12.3 Å². The highest BCUT2D eigenvalue weighted by Gasteiger charge is 1.92. The maximum Gasteiger partial charge on any atom is 0.140 e. The second-order valence-corrected chi connectivity index (χ2v) is 1.72.